The summed E-state index contributed by atoms with van der Waals surface area (Å²) in [7, 11) is 3.01. The lowest BCUT2D eigenvalue weighted by Crippen LogP contribution is -2.44. The average Bonchev–Trinajstić information content (AvgIpc) is 3.05. The predicted molar refractivity (Wildman–Crippen MR) is 105 cm³/mol. The summed E-state index contributed by atoms with van der Waals surface area (Å²) in [5.41, 5.74) is 1.46. The molecule has 0 N–H and O–H groups in total. The summed E-state index contributed by atoms with van der Waals surface area (Å²) >= 11 is 6.15. The molecule has 0 bridgehead atoms. The Morgan fingerprint density at radius 3 is 2.68 bits per heavy atom. The van der Waals surface area contributed by atoms with Crippen LogP contribution in [0.3, 0.4) is 0 Å². The third-order valence-corrected chi connectivity index (χ3v) is 4.95. The molecule has 1 fully saturated rings. The first-order valence-corrected chi connectivity index (χ1v) is 9.35. The Morgan fingerprint density at radius 1 is 1.25 bits per heavy atom. The second-order valence-corrected chi connectivity index (χ2v) is 6.94. The zero-order valence-corrected chi connectivity index (χ0v) is 17.2. The lowest BCUT2D eigenvalue weighted by molar-refractivity contribution is -0.142. The molecule has 2 rings (SSSR count). The van der Waals surface area contributed by atoms with Crippen molar-refractivity contribution >= 4 is 35.0 Å². The average molecular weight is 412 g/mol. The van der Waals surface area contributed by atoms with Gasteiger partial charge in [0.15, 0.2) is 0 Å². The van der Waals surface area contributed by atoms with Crippen LogP contribution >= 0.6 is 11.6 Å². The van der Waals surface area contributed by atoms with E-state index in [1.807, 2.05) is 6.92 Å². The molecule has 1 aromatic carbocycles. The van der Waals surface area contributed by atoms with Gasteiger partial charge < -0.3 is 19.3 Å². The maximum atomic E-state index is 12.7. The quantitative estimate of drug-likeness (QED) is 0.572. The van der Waals surface area contributed by atoms with Gasteiger partial charge in [-0.15, -0.1) is 0 Å². The normalized spacial score (nSPS) is 13.9. The van der Waals surface area contributed by atoms with Crippen LogP contribution in [0.5, 0.6) is 0 Å². The van der Waals surface area contributed by atoms with E-state index in [9.17, 15) is 14.4 Å². The molecule has 1 aliphatic rings. The van der Waals surface area contributed by atoms with E-state index in [4.69, 9.17) is 21.1 Å². The fraction of sp³-hybridized carbons (Fsp3) is 0.526. The molecular formula is C19H26ClN3O5. The molecule has 8 nitrogen and oxygen atoms in total. The highest BCUT2D eigenvalue weighted by atomic mass is 35.5. The lowest BCUT2D eigenvalue weighted by atomic mass is 10.2. The van der Waals surface area contributed by atoms with Gasteiger partial charge in [-0.25, -0.2) is 0 Å². The first-order valence-electron chi connectivity index (χ1n) is 8.98. The minimum atomic E-state index is -0.294. The Bertz CT molecular complexity index is 728. The molecule has 0 saturated carbocycles. The molecule has 1 aromatic rings. The van der Waals surface area contributed by atoms with Crippen molar-refractivity contribution in [1.29, 1.82) is 0 Å². The zero-order chi connectivity index (χ0) is 20.7. The van der Waals surface area contributed by atoms with Crippen LogP contribution in [0.1, 0.15) is 12.0 Å². The Balaban J connectivity index is 2.05. The molecule has 0 radical (unpaired) electrons. The molecule has 3 amide bonds. The first-order chi connectivity index (χ1) is 13.4. The SMILES string of the molecule is COCCCN(CC(=O)N1CC(=O)N(c2cccc(Cl)c2C)C1)C(=O)COC. The van der Waals surface area contributed by atoms with Gasteiger partial charge in [0.25, 0.3) is 0 Å². The number of methoxy groups -OCH3 is 2. The number of halogens is 1. The van der Waals surface area contributed by atoms with Crippen LogP contribution in [0, 0.1) is 6.92 Å². The third-order valence-electron chi connectivity index (χ3n) is 4.55. The minimum absolute atomic E-state index is 0.0326. The van der Waals surface area contributed by atoms with Crippen LogP contribution in [-0.2, 0) is 23.9 Å². The molecule has 154 valence electrons. The summed E-state index contributed by atoms with van der Waals surface area (Å²) < 4.78 is 9.90. The number of carbonyl (C=O) groups excluding carboxylic acids is 3. The molecule has 0 spiro atoms. The number of rotatable bonds is 9. The fourth-order valence-electron chi connectivity index (χ4n) is 2.98. The minimum Gasteiger partial charge on any atom is -0.385 e. The summed E-state index contributed by atoms with van der Waals surface area (Å²) in [6, 6.07) is 5.32. The predicted octanol–water partition coefficient (Wildman–Crippen LogP) is 1.29. The van der Waals surface area contributed by atoms with E-state index in [0.717, 1.165) is 5.56 Å². The third kappa shape index (κ3) is 5.43. The van der Waals surface area contributed by atoms with Crippen molar-refractivity contribution in [2.75, 3.05) is 58.6 Å². The van der Waals surface area contributed by atoms with Crippen LogP contribution < -0.4 is 4.90 Å². The molecule has 1 aliphatic heterocycles. The van der Waals surface area contributed by atoms with Gasteiger partial charge in [-0.2, -0.15) is 0 Å². The Hall–Kier alpha value is -2.16. The van der Waals surface area contributed by atoms with E-state index in [1.54, 1.807) is 25.3 Å². The fourth-order valence-corrected chi connectivity index (χ4v) is 3.15. The number of nitrogens with zero attached hydrogens (tertiary/aromatic N) is 3. The van der Waals surface area contributed by atoms with Gasteiger partial charge in [-0.05, 0) is 31.0 Å². The van der Waals surface area contributed by atoms with Gasteiger partial charge in [0, 0.05) is 38.1 Å². The molecule has 9 heteroatoms. The highest BCUT2D eigenvalue weighted by molar-refractivity contribution is 6.31. The van der Waals surface area contributed by atoms with Gasteiger partial charge in [-0.1, -0.05) is 17.7 Å². The summed E-state index contributed by atoms with van der Waals surface area (Å²) in [4.78, 5) is 41.8. The smallest absolute Gasteiger partial charge is 0.249 e. The molecule has 0 unspecified atom stereocenters. The lowest BCUT2D eigenvalue weighted by Gasteiger charge is -2.25. The Labute approximate surface area is 169 Å². The van der Waals surface area contributed by atoms with Gasteiger partial charge in [0.2, 0.25) is 17.7 Å². The number of anilines is 1. The second kappa shape index (κ2) is 10.4. The zero-order valence-electron chi connectivity index (χ0n) is 16.4. The number of carbonyl (C=O) groups is 3. The highest BCUT2D eigenvalue weighted by Crippen LogP contribution is 2.28. The Morgan fingerprint density at radius 2 is 2.00 bits per heavy atom. The largest absolute Gasteiger partial charge is 0.385 e. The van der Waals surface area contributed by atoms with Crippen LogP contribution in [0.15, 0.2) is 18.2 Å². The standard InChI is InChI=1S/C19H26ClN3O5/c1-14-15(20)6-4-7-16(14)23-13-22(11-18(23)25)17(24)10-21(8-5-9-27-2)19(26)12-28-3/h4,6-7H,5,8-13H2,1-3H3. The molecular weight excluding hydrogens is 386 g/mol. The molecule has 0 atom stereocenters. The summed E-state index contributed by atoms with van der Waals surface area (Å²) in [5, 5.41) is 0.560. The van der Waals surface area contributed by atoms with Crippen molar-refractivity contribution in [2.24, 2.45) is 0 Å². The van der Waals surface area contributed by atoms with Crippen LogP contribution in [0.4, 0.5) is 5.69 Å². The Kier molecular flexibility index (Phi) is 8.22. The molecule has 0 aromatic heterocycles. The van der Waals surface area contributed by atoms with Crippen LogP contribution in [-0.4, -0.2) is 81.3 Å². The molecule has 0 aliphatic carbocycles. The number of hydrogen-bond donors (Lipinski definition) is 0. The van der Waals surface area contributed by atoms with Gasteiger partial charge in [0.1, 0.15) is 19.8 Å². The van der Waals surface area contributed by atoms with Crippen molar-refractivity contribution in [2.45, 2.75) is 13.3 Å². The van der Waals surface area contributed by atoms with Crippen molar-refractivity contribution < 1.29 is 23.9 Å². The molecule has 1 saturated heterocycles. The second-order valence-electron chi connectivity index (χ2n) is 6.53. The maximum Gasteiger partial charge on any atom is 0.249 e. The van der Waals surface area contributed by atoms with Crippen molar-refractivity contribution in [3.05, 3.63) is 28.8 Å². The van der Waals surface area contributed by atoms with E-state index in [1.165, 1.54) is 21.8 Å². The van der Waals surface area contributed by atoms with E-state index >= 15 is 0 Å². The molecule has 28 heavy (non-hydrogen) atoms. The summed E-state index contributed by atoms with van der Waals surface area (Å²) in [5.74, 6) is -0.759. The number of amides is 3. The van der Waals surface area contributed by atoms with Gasteiger partial charge in [0.05, 0.1) is 6.54 Å². The van der Waals surface area contributed by atoms with Crippen molar-refractivity contribution in [1.82, 2.24) is 9.80 Å². The van der Waals surface area contributed by atoms with E-state index in [2.05, 4.69) is 0 Å². The van der Waals surface area contributed by atoms with E-state index in [0.29, 0.717) is 30.3 Å². The van der Waals surface area contributed by atoms with Gasteiger partial charge >= 0.3 is 0 Å². The van der Waals surface area contributed by atoms with Crippen LogP contribution in [0.2, 0.25) is 5.02 Å². The maximum absolute atomic E-state index is 12.7. The van der Waals surface area contributed by atoms with Crippen molar-refractivity contribution in [3.63, 3.8) is 0 Å². The number of hydrogen-bond acceptors (Lipinski definition) is 5. The number of ether oxygens (including phenoxy) is 2. The topological polar surface area (TPSA) is 79.4 Å². The highest BCUT2D eigenvalue weighted by Gasteiger charge is 2.33. The van der Waals surface area contributed by atoms with Crippen LogP contribution in [0.25, 0.3) is 0 Å². The van der Waals surface area contributed by atoms with Gasteiger partial charge in [-0.3, -0.25) is 19.3 Å². The van der Waals surface area contributed by atoms with Crippen molar-refractivity contribution in [3.8, 4) is 0 Å². The number of benzene rings is 1. The van der Waals surface area contributed by atoms with E-state index < -0.39 is 0 Å². The monoisotopic (exact) mass is 411 g/mol. The summed E-state index contributed by atoms with van der Waals surface area (Å²) in [6.45, 7) is 2.57. The first kappa shape index (κ1) is 22.1. The molecule has 1 heterocycles. The summed E-state index contributed by atoms with van der Waals surface area (Å²) in [6.07, 6.45) is 0.603. The van der Waals surface area contributed by atoms with E-state index in [-0.39, 0.29) is 44.1 Å².